The minimum absolute atomic E-state index is 0.0384. The molecule has 0 N–H and O–H groups in total. The number of alkyl halides is 9. The van der Waals surface area contributed by atoms with Crippen LogP contribution in [-0.4, -0.2) is 83.1 Å². The van der Waals surface area contributed by atoms with Crippen molar-refractivity contribution in [1.82, 2.24) is 0 Å². The molecule has 0 spiro atoms. The van der Waals surface area contributed by atoms with Gasteiger partial charge in [0, 0.05) is 18.3 Å². The minimum atomic E-state index is -5.22. The van der Waals surface area contributed by atoms with Gasteiger partial charge in [0.05, 0.1) is 19.8 Å². The van der Waals surface area contributed by atoms with Gasteiger partial charge in [0.2, 0.25) is 0 Å². The van der Waals surface area contributed by atoms with Gasteiger partial charge in [0.25, 0.3) is 6.43 Å². The van der Waals surface area contributed by atoms with Crippen LogP contribution in [0.4, 0.5) is 44.0 Å². The summed E-state index contributed by atoms with van der Waals surface area (Å²) in [6.45, 7) is 5.59. The highest BCUT2D eigenvalue weighted by Gasteiger charge is 2.57. The third-order valence-corrected chi connectivity index (χ3v) is 6.12. The first-order valence-corrected chi connectivity index (χ1v) is 13.3. The molecule has 4 atom stereocenters. The zero-order valence-corrected chi connectivity index (χ0v) is 26.0. The molecule has 4 unspecified atom stereocenters. The average molecular weight is 703 g/mol. The van der Waals surface area contributed by atoms with E-state index in [-0.39, 0.29) is 17.8 Å². The van der Waals surface area contributed by atoms with Crippen molar-refractivity contribution < 1.29 is 82.3 Å². The number of carbonyl (C=O) groups is 2. The quantitative estimate of drug-likeness (QED) is 0.0973. The van der Waals surface area contributed by atoms with Crippen molar-refractivity contribution >= 4 is 11.9 Å². The van der Waals surface area contributed by atoms with Gasteiger partial charge >= 0.3 is 24.3 Å². The van der Waals surface area contributed by atoms with Crippen LogP contribution in [-0.2, 0) is 49.4 Å². The highest BCUT2D eigenvalue weighted by atomic mass is 19.4. The van der Waals surface area contributed by atoms with Crippen LogP contribution in [0.5, 0.6) is 0 Å². The number of methoxy groups -OCH3 is 1. The maximum Gasteiger partial charge on any atom is 0.421 e. The summed E-state index contributed by atoms with van der Waals surface area (Å²) in [5.41, 5.74) is -8.16. The molecule has 0 bridgehead atoms. The predicted octanol–water partition coefficient (Wildman–Crippen LogP) is 7.02. The van der Waals surface area contributed by atoms with Crippen molar-refractivity contribution in [3.8, 4) is 0 Å². The lowest BCUT2D eigenvalue weighted by molar-refractivity contribution is -0.287. The summed E-state index contributed by atoms with van der Waals surface area (Å²) in [5.74, 6) is -1.98. The molecule has 270 valence electrons. The summed E-state index contributed by atoms with van der Waals surface area (Å²) in [6.07, 6.45) is -16.1. The molecule has 1 rings (SSSR count). The van der Waals surface area contributed by atoms with Gasteiger partial charge in [-0.15, -0.1) is 0 Å². The van der Waals surface area contributed by atoms with Crippen molar-refractivity contribution in [3.05, 3.63) is 59.7 Å². The molecule has 8 nitrogen and oxygen atoms in total. The van der Waals surface area contributed by atoms with Crippen LogP contribution >= 0.6 is 0 Å². The summed E-state index contributed by atoms with van der Waals surface area (Å²) in [4.78, 5) is 27.0. The summed E-state index contributed by atoms with van der Waals surface area (Å²) >= 11 is 0. The van der Waals surface area contributed by atoms with Gasteiger partial charge in [-0.3, -0.25) is 0 Å². The number of carbonyl (C=O) groups excluding carboxylic acids is 2. The lowest BCUT2D eigenvalue weighted by Gasteiger charge is -2.37. The largest absolute Gasteiger partial charge is 0.454 e. The Labute approximate surface area is 264 Å². The molecule has 0 heterocycles. The Kier molecular flexibility index (Phi) is 17.6. The van der Waals surface area contributed by atoms with Crippen LogP contribution in [0.2, 0.25) is 0 Å². The molecule has 0 saturated carbocycles. The SMILES string of the molecule is C=C(C)C(=O)OC(COC)COC(C)(c1cccc(C(C)(OCC(COF)OC(=O)C(=C)C)C(F)(F)F)c1)C(F)(F)F.FCC(F)F. The molecule has 0 radical (unpaired) electrons. The molecule has 0 saturated heterocycles. The van der Waals surface area contributed by atoms with E-state index in [0.717, 1.165) is 18.2 Å². The number of hydrogen-bond acceptors (Lipinski definition) is 8. The second-order valence-electron chi connectivity index (χ2n) is 10.2. The molecule has 0 amide bonds. The molecule has 0 aliphatic carbocycles. The van der Waals surface area contributed by atoms with E-state index < -0.39 is 91.7 Å². The van der Waals surface area contributed by atoms with E-state index in [4.69, 9.17) is 23.7 Å². The first kappa shape index (κ1) is 43.8. The molecule has 0 aliphatic rings. The van der Waals surface area contributed by atoms with Crippen molar-refractivity contribution in [2.45, 2.75) is 69.9 Å². The van der Waals surface area contributed by atoms with E-state index in [1.165, 1.54) is 21.0 Å². The van der Waals surface area contributed by atoms with Crippen LogP contribution in [0.3, 0.4) is 0 Å². The third-order valence-electron chi connectivity index (χ3n) is 6.12. The number of ether oxygens (including phenoxy) is 5. The van der Waals surface area contributed by atoms with Crippen LogP contribution < -0.4 is 0 Å². The van der Waals surface area contributed by atoms with Crippen molar-refractivity contribution in [2.75, 3.05) is 40.2 Å². The third kappa shape index (κ3) is 13.4. The Morgan fingerprint density at radius 1 is 0.766 bits per heavy atom. The lowest BCUT2D eigenvalue weighted by atomic mass is 9.88. The van der Waals surface area contributed by atoms with Gasteiger partial charge in [-0.1, -0.05) is 31.4 Å². The van der Waals surface area contributed by atoms with Gasteiger partial charge in [-0.2, -0.15) is 31.3 Å². The number of hydrogen-bond donors (Lipinski definition) is 0. The minimum Gasteiger partial charge on any atom is -0.454 e. The van der Waals surface area contributed by atoms with Crippen molar-refractivity contribution in [3.63, 3.8) is 0 Å². The van der Waals surface area contributed by atoms with E-state index in [9.17, 15) is 53.6 Å². The maximum atomic E-state index is 14.4. The topological polar surface area (TPSA) is 89.5 Å². The number of esters is 2. The molecule has 18 heteroatoms. The molecule has 47 heavy (non-hydrogen) atoms. The molecular weight excluding hydrogens is 666 g/mol. The molecular formula is C29H36F10O8. The van der Waals surface area contributed by atoms with Crippen LogP contribution in [0, 0.1) is 0 Å². The standard InChI is InChI=1S/C27H33F7O8.C2H3F3/c1-16(2)22(35)41-20(12-37-7)13-38-24(5,26(28,29)30)18-9-8-10-19(11-18)25(6,27(31,32)33)39-14-21(15-40-34)42-23(36)17(3)4;3-1-2(4)5/h8-11,20-21H,1,3,12-15H2,2,4-7H3;2H,1H2. The molecule has 0 aromatic heterocycles. The summed E-state index contributed by atoms with van der Waals surface area (Å²) in [7, 11) is 1.20. The second kappa shape index (κ2) is 18.9. The van der Waals surface area contributed by atoms with Gasteiger partial charge in [-0.25, -0.2) is 22.8 Å². The lowest BCUT2D eigenvalue weighted by Crippen LogP contribution is -2.46. The van der Waals surface area contributed by atoms with E-state index in [0.29, 0.717) is 19.9 Å². The second-order valence-corrected chi connectivity index (χ2v) is 10.2. The fraction of sp³-hybridized carbons (Fsp3) is 0.586. The fourth-order valence-corrected chi connectivity index (χ4v) is 3.28. The average Bonchev–Trinajstić information content (AvgIpc) is 2.97. The highest BCUT2D eigenvalue weighted by molar-refractivity contribution is 5.87. The van der Waals surface area contributed by atoms with E-state index in [2.05, 4.69) is 18.1 Å². The van der Waals surface area contributed by atoms with Crippen molar-refractivity contribution in [2.24, 2.45) is 0 Å². The van der Waals surface area contributed by atoms with E-state index >= 15 is 0 Å². The maximum absolute atomic E-state index is 14.4. The summed E-state index contributed by atoms with van der Waals surface area (Å²) in [5, 5.41) is 0. The highest BCUT2D eigenvalue weighted by Crippen LogP contribution is 2.46. The normalized spacial score (nSPS) is 15.7. The zero-order valence-electron chi connectivity index (χ0n) is 26.0. The van der Waals surface area contributed by atoms with Gasteiger partial charge < -0.3 is 23.7 Å². The predicted molar refractivity (Wildman–Crippen MR) is 145 cm³/mol. The Balaban J connectivity index is 0.00000391. The number of benzene rings is 1. The first-order chi connectivity index (χ1) is 21.5. The molecule has 1 aromatic rings. The Hall–Kier alpha value is -3.22. The molecule has 0 fully saturated rings. The van der Waals surface area contributed by atoms with Crippen LogP contribution in [0.15, 0.2) is 48.6 Å². The van der Waals surface area contributed by atoms with E-state index in [1.807, 2.05) is 0 Å². The van der Waals surface area contributed by atoms with Crippen LogP contribution in [0.25, 0.3) is 0 Å². The Morgan fingerprint density at radius 2 is 1.13 bits per heavy atom. The fourth-order valence-electron chi connectivity index (χ4n) is 3.28. The van der Waals surface area contributed by atoms with Crippen molar-refractivity contribution in [1.29, 1.82) is 0 Å². The van der Waals surface area contributed by atoms with Gasteiger partial charge in [0.1, 0.15) is 12.7 Å². The number of halogens is 10. The van der Waals surface area contributed by atoms with Crippen LogP contribution in [0.1, 0.15) is 38.8 Å². The van der Waals surface area contributed by atoms with Gasteiger partial charge in [0.15, 0.2) is 24.0 Å². The van der Waals surface area contributed by atoms with E-state index in [1.54, 1.807) is 0 Å². The summed E-state index contributed by atoms with van der Waals surface area (Å²) in [6, 6.07) is 3.29. The summed E-state index contributed by atoms with van der Waals surface area (Å²) < 4.78 is 155. The zero-order chi connectivity index (χ0) is 36.8. The molecule has 1 aromatic carbocycles. The smallest absolute Gasteiger partial charge is 0.421 e. The Bertz CT molecular complexity index is 1090. The monoisotopic (exact) mass is 702 g/mol. The van der Waals surface area contributed by atoms with Gasteiger partial charge in [-0.05, 0) is 49.4 Å². The Morgan fingerprint density at radius 3 is 1.40 bits per heavy atom. The molecule has 0 aliphatic heterocycles. The first-order valence-electron chi connectivity index (χ1n) is 13.3. The number of rotatable bonds is 17.